The molecule has 0 spiro atoms. The summed E-state index contributed by atoms with van der Waals surface area (Å²) in [6.45, 7) is 6.45. The molecule has 0 saturated carbocycles. The second-order valence-electron chi connectivity index (χ2n) is 4.34. The molecule has 1 aromatic carbocycles. The van der Waals surface area contributed by atoms with Crippen molar-refractivity contribution in [1.82, 2.24) is 0 Å². The van der Waals surface area contributed by atoms with Gasteiger partial charge in [0.15, 0.2) is 0 Å². The summed E-state index contributed by atoms with van der Waals surface area (Å²) in [5.41, 5.74) is 6.63. The van der Waals surface area contributed by atoms with Crippen LogP contribution in [0.2, 0.25) is 0 Å². The van der Waals surface area contributed by atoms with E-state index in [1.54, 1.807) is 12.1 Å². The zero-order chi connectivity index (χ0) is 12.7. The molecule has 0 bridgehead atoms. The fourth-order valence-electron chi connectivity index (χ4n) is 1.34. The summed E-state index contributed by atoms with van der Waals surface area (Å²) in [6, 6.07) is 7.09. The average Bonchev–Trinajstić information content (AvgIpc) is 2.29. The van der Waals surface area contributed by atoms with Gasteiger partial charge in [0.2, 0.25) is 5.91 Å². The third-order valence-corrected chi connectivity index (χ3v) is 2.20. The molecule has 0 unspecified atom stereocenters. The first-order valence-electron chi connectivity index (χ1n) is 5.81. The van der Waals surface area contributed by atoms with Crippen LogP contribution in [0.25, 0.3) is 0 Å². The Kier molecular flexibility index (Phi) is 5.49. The first-order chi connectivity index (χ1) is 8.09. The molecule has 1 rings (SSSR count). The molecular weight excluding hydrogens is 216 g/mol. The van der Waals surface area contributed by atoms with Crippen LogP contribution in [0.4, 0.5) is 5.69 Å². The lowest BCUT2D eigenvalue weighted by Gasteiger charge is -2.09. The molecule has 0 heterocycles. The number of carbonyl (C=O) groups is 1. The van der Waals surface area contributed by atoms with E-state index in [2.05, 4.69) is 19.2 Å². The standard InChI is InChI=1S/C13H20N2O2/c1-10(2)9-17-8-7-15-12-5-3-11(4-6-12)13(14)16/h3-6,10,15H,7-9H2,1-2H3,(H2,14,16). The predicted molar refractivity (Wildman–Crippen MR) is 69.1 cm³/mol. The zero-order valence-electron chi connectivity index (χ0n) is 10.4. The van der Waals surface area contributed by atoms with Crippen molar-refractivity contribution in [2.75, 3.05) is 25.1 Å². The lowest BCUT2D eigenvalue weighted by atomic mass is 10.2. The van der Waals surface area contributed by atoms with Crippen molar-refractivity contribution in [3.05, 3.63) is 29.8 Å². The average molecular weight is 236 g/mol. The number of hydrogen-bond acceptors (Lipinski definition) is 3. The maximum Gasteiger partial charge on any atom is 0.248 e. The lowest BCUT2D eigenvalue weighted by Crippen LogP contribution is -2.13. The monoisotopic (exact) mass is 236 g/mol. The SMILES string of the molecule is CC(C)COCCNc1ccc(C(N)=O)cc1. The largest absolute Gasteiger partial charge is 0.383 e. The number of primary amides is 1. The topological polar surface area (TPSA) is 64.3 Å². The maximum atomic E-state index is 10.9. The highest BCUT2D eigenvalue weighted by atomic mass is 16.5. The number of nitrogens with two attached hydrogens (primary N) is 1. The van der Waals surface area contributed by atoms with Crippen LogP contribution in [0.3, 0.4) is 0 Å². The molecule has 0 atom stereocenters. The summed E-state index contributed by atoms with van der Waals surface area (Å²) >= 11 is 0. The van der Waals surface area contributed by atoms with Gasteiger partial charge in [-0.05, 0) is 30.2 Å². The Morgan fingerprint density at radius 3 is 2.53 bits per heavy atom. The third-order valence-electron chi connectivity index (χ3n) is 2.20. The number of ether oxygens (including phenoxy) is 1. The molecule has 0 aliphatic rings. The number of nitrogens with one attached hydrogen (secondary N) is 1. The third kappa shape index (κ3) is 5.36. The predicted octanol–water partition coefficient (Wildman–Crippen LogP) is 1.87. The number of hydrogen-bond donors (Lipinski definition) is 2. The first kappa shape index (κ1) is 13.5. The Bertz CT molecular complexity index is 347. The van der Waals surface area contributed by atoms with Gasteiger partial charge in [0, 0.05) is 24.4 Å². The van der Waals surface area contributed by atoms with E-state index in [9.17, 15) is 4.79 Å². The fraction of sp³-hybridized carbons (Fsp3) is 0.462. The lowest BCUT2D eigenvalue weighted by molar-refractivity contribution is 0.100. The summed E-state index contributed by atoms with van der Waals surface area (Å²) in [5.74, 6) is 0.154. The van der Waals surface area contributed by atoms with E-state index in [0.29, 0.717) is 18.1 Å². The molecule has 1 amide bonds. The van der Waals surface area contributed by atoms with Gasteiger partial charge < -0.3 is 15.8 Å². The molecule has 4 nitrogen and oxygen atoms in total. The van der Waals surface area contributed by atoms with Crippen LogP contribution in [0, 0.1) is 5.92 Å². The summed E-state index contributed by atoms with van der Waals surface area (Å²) in [4.78, 5) is 10.9. The second-order valence-corrected chi connectivity index (χ2v) is 4.34. The highest BCUT2D eigenvalue weighted by Crippen LogP contribution is 2.08. The molecule has 0 radical (unpaired) electrons. The molecule has 0 aromatic heterocycles. The molecular formula is C13H20N2O2. The van der Waals surface area contributed by atoms with Gasteiger partial charge in [-0.15, -0.1) is 0 Å². The highest BCUT2D eigenvalue weighted by Gasteiger charge is 1.99. The Morgan fingerprint density at radius 1 is 1.35 bits per heavy atom. The Morgan fingerprint density at radius 2 is 2.00 bits per heavy atom. The minimum absolute atomic E-state index is 0.406. The Balaban J connectivity index is 2.25. The molecule has 0 saturated heterocycles. The van der Waals surface area contributed by atoms with Crippen LogP contribution in [-0.2, 0) is 4.74 Å². The molecule has 3 N–H and O–H groups in total. The van der Waals surface area contributed by atoms with E-state index in [-0.39, 0.29) is 0 Å². The van der Waals surface area contributed by atoms with Crippen molar-refractivity contribution < 1.29 is 9.53 Å². The summed E-state index contributed by atoms with van der Waals surface area (Å²) in [6.07, 6.45) is 0. The molecule has 1 aromatic rings. The molecule has 17 heavy (non-hydrogen) atoms. The molecule has 4 heteroatoms. The number of benzene rings is 1. The van der Waals surface area contributed by atoms with E-state index in [0.717, 1.165) is 18.8 Å². The minimum Gasteiger partial charge on any atom is -0.383 e. The second kappa shape index (κ2) is 6.91. The van der Waals surface area contributed by atoms with Gasteiger partial charge in [0.25, 0.3) is 0 Å². The number of rotatable bonds is 7. The van der Waals surface area contributed by atoms with Crippen molar-refractivity contribution in [3.63, 3.8) is 0 Å². The zero-order valence-corrected chi connectivity index (χ0v) is 10.4. The van der Waals surface area contributed by atoms with Gasteiger partial charge in [-0.25, -0.2) is 0 Å². The quantitative estimate of drug-likeness (QED) is 0.710. The fourth-order valence-corrected chi connectivity index (χ4v) is 1.34. The van der Waals surface area contributed by atoms with E-state index >= 15 is 0 Å². The normalized spacial score (nSPS) is 10.5. The van der Waals surface area contributed by atoms with Crippen LogP contribution >= 0.6 is 0 Å². The molecule has 0 fully saturated rings. The van der Waals surface area contributed by atoms with Crippen molar-refractivity contribution in [2.24, 2.45) is 11.7 Å². The molecule has 0 aliphatic heterocycles. The molecule has 0 aliphatic carbocycles. The van der Waals surface area contributed by atoms with Crippen LogP contribution in [0.15, 0.2) is 24.3 Å². The summed E-state index contributed by atoms with van der Waals surface area (Å²) < 4.78 is 5.44. The van der Waals surface area contributed by atoms with Crippen LogP contribution in [0.5, 0.6) is 0 Å². The van der Waals surface area contributed by atoms with Crippen LogP contribution in [-0.4, -0.2) is 25.7 Å². The van der Waals surface area contributed by atoms with Crippen molar-refractivity contribution >= 4 is 11.6 Å². The number of amides is 1. The smallest absolute Gasteiger partial charge is 0.248 e. The van der Waals surface area contributed by atoms with Crippen molar-refractivity contribution in [3.8, 4) is 0 Å². The number of anilines is 1. The van der Waals surface area contributed by atoms with Gasteiger partial charge in [-0.2, -0.15) is 0 Å². The van der Waals surface area contributed by atoms with Crippen LogP contribution < -0.4 is 11.1 Å². The Hall–Kier alpha value is -1.55. The van der Waals surface area contributed by atoms with Crippen molar-refractivity contribution in [2.45, 2.75) is 13.8 Å². The van der Waals surface area contributed by atoms with E-state index < -0.39 is 5.91 Å². The highest BCUT2D eigenvalue weighted by molar-refractivity contribution is 5.93. The summed E-state index contributed by atoms with van der Waals surface area (Å²) in [7, 11) is 0. The molecule has 94 valence electrons. The minimum atomic E-state index is -0.406. The van der Waals surface area contributed by atoms with Gasteiger partial charge >= 0.3 is 0 Å². The van der Waals surface area contributed by atoms with E-state index in [1.807, 2.05) is 12.1 Å². The van der Waals surface area contributed by atoms with E-state index in [4.69, 9.17) is 10.5 Å². The summed E-state index contributed by atoms with van der Waals surface area (Å²) in [5, 5.41) is 3.21. The van der Waals surface area contributed by atoms with Gasteiger partial charge in [-0.1, -0.05) is 13.8 Å². The van der Waals surface area contributed by atoms with Gasteiger partial charge in [-0.3, -0.25) is 4.79 Å². The van der Waals surface area contributed by atoms with E-state index in [1.165, 1.54) is 0 Å². The van der Waals surface area contributed by atoms with Crippen molar-refractivity contribution in [1.29, 1.82) is 0 Å². The maximum absolute atomic E-state index is 10.9. The first-order valence-corrected chi connectivity index (χ1v) is 5.81. The van der Waals surface area contributed by atoms with Gasteiger partial charge in [0.1, 0.15) is 0 Å². The number of carbonyl (C=O) groups excluding carboxylic acids is 1. The Labute approximate surface area is 102 Å². The van der Waals surface area contributed by atoms with Gasteiger partial charge in [0.05, 0.1) is 6.61 Å². The van der Waals surface area contributed by atoms with Crippen LogP contribution in [0.1, 0.15) is 24.2 Å².